The molecule has 0 aromatic carbocycles. The number of pyridine rings is 1. The van der Waals surface area contributed by atoms with E-state index in [1.807, 2.05) is 20.8 Å². The molecule has 0 radical (unpaired) electrons. The van der Waals surface area contributed by atoms with Crippen LogP contribution >= 0.6 is 23.2 Å². The summed E-state index contributed by atoms with van der Waals surface area (Å²) in [5.41, 5.74) is -2.95. The van der Waals surface area contributed by atoms with E-state index >= 15 is 0 Å². The lowest BCUT2D eigenvalue weighted by Crippen LogP contribution is -2.41. The third kappa shape index (κ3) is 7.28. The number of aliphatic hydroxyl groups excluding tert-OH is 1. The Morgan fingerprint density at radius 1 is 1.18 bits per heavy atom. The molecule has 1 aliphatic carbocycles. The van der Waals surface area contributed by atoms with Crippen LogP contribution in [0.5, 0.6) is 0 Å². The van der Waals surface area contributed by atoms with Crippen molar-refractivity contribution in [1.82, 2.24) is 19.7 Å². The molecule has 13 heteroatoms. The standard InChI is InChI=1S/C27H35Cl2F3N4O4/c1-6-40-24(39)26(5)9-7-16(8-10-26)36-22(27(30,31)32)17(11-34-36)23(38)35(15-25(2,3)4)14-20(37)21-18(28)12-33-13-19(21)29/h11-13,16,20,37H,6-10,14-15H2,1-5H3. The lowest BCUT2D eigenvalue weighted by Gasteiger charge is -2.36. The van der Waals surface area contributed by atoms with Crippen molar-refractivity contribution in [3.63, 3.8) is 0 Å². The maximum absolute atomic E-state index is 14.5. The van der Waals surface area contributed by atoms with E-state index in [2.05, 4.69) is 10.1 Å². The van der Waals surface area contributed by atoms with Gasteiger partial charge in [0.15, 0.2) is 5.69 Å². The predicted octanol–water partition coefficient (Wildman–Crippen LogP) is 6.51. The zero-order chi connectivity index (χ0) is 30.0. The lowest BCUT2D eigenvalue weighted by atomic mass is 9.74. The molecule has 1 aliphatic rings. The first-order chi connectivity index (χ1) is 18.5. The maximum Gasteiger partial charge on any atom is 0.433 e. The smallest absolute Gasteiger partial charge is 0.433 e. The Bertz CT molecular complexity index is 1200. The molecule has 1 fully saturated rings. The molecular weight excluding hydrogens is 572 g/mol. The van der Waals surface area contributed by atoms with E-state index in [0.717, 1.165) is 15.8 Å². The normalized spacial score (nSPS) is 20.7. The van der Waals surface area contributed by atoms with Gasteiger partial charge >= 0.3 is 12.1 Å². The highest BCUT2D eigenvalue weighted by atomic mass is 35.5. The number of ether oxygens (including phenoxy) is 1. The summed E-state index contributed by atoms with van der Waals surface area (Å²) in [4.78, 5) is 31.1. The highest BCUT2D eigenvalue weighted by molar-refractivity contribution is 6.35. The number of aliphatic hydroxyl groups is 1. The minimum Gasteiger partial charge on any atom is -0.466 e. The minimum atomic E-state index is -4.88. The van der Waals surface area contributed by atoms with Gasteiger partial charge in [-0.05, 0) is 44.9 Å². The largest absolute Gasteiger partial charge is 0.466 e. The van der Waals surface area contributed by atoms with Gasteiger partial charge in [-0.25, -0.2) is 0 Å². The predicted molar refractivity (Wildman–Crippen MR) is 144 cm³/mol. The fourth-order valence-corrected chi connectivity index (χ4v) is 5.69. The fourth-order valence-electron chi connectivity index (χ4n) is 5.07. The number of esters is 1. The Kier molecular flexibility index (Phi) is 9.84. The van der Waals surface area contributed by atoms with Gasteiger partial charge in [0.05, 0.1) is 52.5 Å². The Labute approximate surface area is 241 Å². The molecule has 0 spiro atoms. The van der Waals surface area contributed by atoms with Gasteiger partial charge in [-0.2, -0.15) is 18.3 Å². The van der Waals surface area contributed by atoms with Crippen LogP contribution in [0, 0.1) is 10.8 Å². The Morgan fingerprint density at radius 2 is 1.75 bits per heavy atom. The van der Waals surface area contributed by atoms with Crippen LogP contribution in [-0.4, -0.2) is 56.3 Å². The molecule has 1 N–H and O–H groups in total. The van der Waals surface area contributed by atoms with E-state index in [1.165, 1.54) is 12.4 Å². The summed E-state index contributed by atoms with van der Waals surface area (Å²) in [7, 11) is 0. The highest BCUT2D eigenvalue weighted by Gasteiger charge is 2.45. The van der Waals surface area contributed by atoms with Gasteiger partial charge in [0, 0.05) is 24.5 Å². The second-order valence-corrected chi connectivity index (χ2v) is 12.5. The first kappa shape index (κ1) is 32.1. The SMILES string of the molecule is CCOC(=O)C1(C)CCC(n2ncc(C(=O)N(CC(O)c3c(Cl)cncc3Cl)CC(C)(C)C)c2C(F)(F)F)CC1. The second kappa shape index (κ2) is 12.2. The van der Waals surface area contributed by atoms with E-state index in [0.29, 0.717) is 12.8 Å². The number of amides is 1. The van der Waals surface area contributed by atoms with Crippen molar-refractivity contribution in [2.75, 3.05) is 19.7 Å². The van der Waals surface area contributed by atoms with Crippen molar-refractivity contribution < 1.29 is 32.6 Å². The molecule has 2 heterocycles. The Morgan fingerprint density at radius 3 is 2.25 bits per heavy atom. The number of nitrogens with zero attached hydrogens (tertiary/aromatic N) is 4. The molecule has 2 aromatic heterocycles. The van der Waals surface area contributed by atoms with Gasteiger partial charge < -0.3 is 14.7 Å². The van der Waals surface area contributed by atoms with Crippen molar-refractivity contribution in [3.05, 3.63) is 45.5 Å². The number of hydrogen-bond donors (Lipinski definition) is 1. The van der Waals surface area contributed by atoms with E-state index in [9.17, 15) is 27.9 Å². The van der Waals surface area contributed by atoms with Gasteiger partial charge in [-0.3, -0.25) is 19.3 Å². The van der Waals surface area contributed by atoms with Crippen LogP contribution in [0.4, 0.5) is 13.2 Å². The van der Waals surface area contributed by atoms with Gasteiger partial charge in [-0.15, -0.1) is 0 Å². The number of carbonyl (C=O) groups is 2. The van der Waals surface area contributed by atoms with Crippen LogP contribution in [0.1, 0.15) is 94.1 Å². The first-order valence-corrected chi connectivity index (χ1v) is 13.8. The lowest BCUT2D eigenvalue weighted by molar-refractivity contribution is -0.157. The zero-order valence-electron chi connectivity index (χ0n) is 23.2. The second-order valence-electron chi connectivity index (χ2n) is 11.6. The number of alkyl halides is 3. The van der Waals surface area contributed by atoms with E-state index in [1.54, 1.807) is 13.8 Å². The van der Waals surface area contributed by atoms with Crippen molar-refractivity contribution in [3.8, 4) is 0 Å². The summed E-state index contributed by atoms with van der Waals surface area (Å²) < 4.78 is 49.4. The summed E-state index contributed by atoms with van der Waals surface area (Å²) in [6.45, 7) is 8.82. The van der Waals surface area contributed by atoms with Crippen LogP contribution < -0.4 is 0 Å². The van der Waals surface area contributed by atoms with Crippen molar-refractivity contribution in [2.45, 2.75) is 78.6 Å². The minimum absolute atomic E-state index is 0.0347. The van der Waals surface area contributed by atoms with E-state index in [4.69, 9.17) is 27.9 Å². The molecule has 1 saturated carbocycles. The summed E-state index contributed by atoms with van der Waals surface area (Å²) >= 11 is 12.3. The Hall–Kier alpha value is -2.37. The van der Waals surface area contributed by atoms with Crippen LogP contribution in [0.2, 0.25) is 10.0 Å². The zero-order valence-corrected chi connectivity index (χ0v) is 24.7. The maximum atomic E-state index is 14.5. The van der Waals surface area contributed by atoms with Gasteiger partial charge in [0.1, 0.15) is 0 Å². The van der Waals surface area contributed by atoms with Crippen molar-refractivity contribution >= 4 is 35.1 Å². The monoisotopic (exact) mass is 606 g/mol. The average molecular weight is 608 g/mol. The molecule has 2 aromatic rings. The van der Waals surface area contributed by atoms with Crippen molar-refractivity contribution in [2.24, 2.45) is 10.8 Å². The number of rotatable bonds is 8. The van der Waals surface area contributed by atoms with Crippen LogP contribution in [0.3, 0.4) is 0 Å². The fraction of sp³-hybridized carbons (Fsp3) is 0.630. The molecule has 8 nitrogen and oxygen atoms in total. The van der Waals surface area contributed by atoms with E-state index in [-0.39, 0.29) is 54.1 Å². The van der Waals surface area contributed by atoms with E-state index < -0.39 is 46.3 Å². The summed E-state index contributed by atoms with van der Waals surface area (Å²) in [6, 6.07) is -0.656. The molecular formula is C27H35Cl2F3N4O4. The third-order valence-corrected chi connectivity index (χ3v) is 7.64. The average Bonchev–Trinajstić information content (AvgIpc) is 3.29. The highest BCUT2D eigenvalue weighted by Crippen LogP contribution is 2.44. The van der Waals surface area contributed by atoms with Gasteiger partial charge in [0.25, 0.3) is 5.91 Å². The molecule has 0 aliphatic heterocycles. The molecule has 1 atom stereocenters. The molecule has 1 unspecified atom stereocenters. The number of carbonyl (C=O) groups excluding carboxylic acids is 2. The third-order valence-electron chi connectivity index (χ3n) is 7.04. The summed E-state index contributed by atoms with van der Waals surface area (Å²) in [6.07, 6.45) is -1.59. The number of halogens is 5. The molecule has 0 saturated heterocycles. The molecule has 1 amide bonds. The molecule has 0 bridgehead atoms. The Balaban J connectivity index is 1.95. The first-order valence-electron chi connectivity index (χ1n) is 13.1. The summed E-state index contributed by atoms with van der Waals surface area (Å²) in [5, 5.41) is 15.1. The van der Waals surface area contributed by atoms with Crippen molar-refractivity contribution in [1.29, 1.82) is 0 Å². The van der Waals surface area contributed by atoms with Crippen LogP contribution in [0.25, 0.3) is 0 Å². The molecule has 222 valence electrons. The quantitative estimate of drug-likeness (QED) is 0.344. The summed E-state index contributed by atoms with van der Waals surface area (Å²) in [5.74, 6) is -1.30. The molecule has 3 rings (SSSR count). The van der Waals surface area contributed by atoms with Gasteiger partial charge in [0.2, 0.25) is 0 Å². The van der Waals surface area contributed by atoms with Crippen LogP contribution in [-0.2, 0) is 15.7 Å². The molecule has 40 heavy (non-hydrogen) atoms. The van der Waals surface area contributed by atoms with Crippen LogP contribution in [0.15, 0.2) is 18.6 Å². The number of hydrogen-bond acceptors (Lipinski definition) is 6. The number of aromatic nitrogens is 3. The topological polar surface area (TPSA) is 97.6 Å². The van der Waals surface area contributed by atoms with Gasteiger partial charge in [-0.1, -0.05) is 44.0 Å².